The van der Waals surface area contributed by atoms with Crippen LogP contribution in [-0.2, 0) is 9.53 Å². The zero-order valence-corrected chi connectivity index (χ0v) is 6.38. The number of hydrogen-bond donors (Lipinski definition) is 2. The van der Waals surface area contributed by atoms with Crippen LogP contribution < -0.4 is 5.73 Å². The molecule has 64 valence electrons. The lowest BCUT2D eigenvalue weighted by Gasteiger charge is -2.31. The third-order valence-corrected chi connectivity index (χ3v) is 2.17. The first-order chi connectivity index (χ1) is 5.21. The summed E-state index contributed by atoms with van der Waals surface area (Å²) in [5.41, 5.74) is 4.57. The van der Waals surface area contributed by atoms with Gasteiger partial charge in [0.05, 0.1) is 6.61 Å². The fourth-order valence-corrected chi connectivity index (χ4v) is 1.27. The summed E-state index contributed by atoms with van der Waals surface area (Å²) in [7, 11) is 0. The number of nitrogens with two attached hydrogens (primary N) is 1. The van der Waals surface area contributed by atoms with Gasteiger partial charge >= 0.3 is 5.97 Å². The normalized spacial score (nSPS) is 31.7. The van der Waals surface area contributed by atoms with Gasteiger partial charge in [-0.2, -0.15) is 0 Å². The van der Waals surface area contributed by atoms with E-state index in [4.69, 9.17) is 15.6 Å². The number of ether oxygens (including phenoxy) is 1. The topological polar surface area (TPSA) is 72.6 Å². The monoisotopic (exact) mass is 159 g/mol. The first-order valence-corrected chi connectivity index (χ1v) is 3.72. The van der Waals surface area contributed by atoms with E-state index >= 15 is 0 Å². The Balaban J connectivity index is 2.64. The number of carboxylic acid groups (broad SMARTS) is 1. The van der Waals surface area contributed by atoms with Crippen molar-refractivity contribution >= 4 is 5.97 Å². The molecule has 1 aliphatic heterocycles. The van der Waals surface area contributed by atoms with Crippen molar-refractivity contribution in [2.75, 3.05) is 19.8 Å². The Morgan fingerprint density at radius 2 is 2.45 bits per heavy atom. The summed E-state index contributed by atoms with van der Waals surface area (Å²) in [5.74, 6) is -0.834. The number of aliphatic carboxylic acids is 1. The molecule has 0 aromatic heterocycles. The maximum atomic E-state index is 10.7. The molecule has 3 N–H and O–H groups in total. The van der Waals surface area contributed by atoms with Crippen molar-refractivity contribution in [2.45, 2.75) is 12.8 Å². The second kappa shape index (κ2) is 3.19. The molecule has 1 heterocycles. The number of carboxylic acids is 1. The van der Waals surface area contributed by atoms with Crippen molar-refractivity contribution in [3.05, 3.63) is 0 Å². The predicted molar refractivity (Wildman–Crippen MR) is 39.2 cm³/mol. The maximum Gasteiger partial charge on any atom is 0.313 e. The van der Waals surface area contributed by atoms with E-state index in [0.29, 0.717) is 13.0 Å². The molecule has 0 amide bonds. The molecule has 11 heavy (non-hydrogen) atoms. The molecule has 0 aliphatic carbocycles. The van der Waals surface area contributed by atoms with Gasteiger partial charge in [-0.25, -0.2) is 0 Å². The molecule has 1 saturated heterocycles. The van der Waals surface area contributed by atoms with E-state index in [1.807, 2.05) is 0 Å². The molecule has 1 rings (SSSR count). The third kappa shape index (κ3) is 1.52. The van der Waals surface area contributed by atoms with Crippen molar-refractivity contribution in [3.63, 3.8) is 0 Å². The maximum absolute atomic E-state index is 10.7. The average molecular weight is 159 g/mol. The van der Waals surface area contributed by atoms with Crippen molar-refractivity contribution < 1.29 is 14.6 Å². The van der Waals surface area contributed by atoms with Crippen LogP contribution >= 0.6 is 0 Å². The molecule has 0 spiro atoms. The Labute approximate surface area is 65.3 Å². The molecule has 0 bridgehead atoms. The summed E-state index contributed by atoms with van der Waals surface area (Å²) in [4.78, 5) is 10.7. The Bertz CT molecular complexity index is 152. The van der Waals surface area contributed by atoms with Crippen LogP contribution in [0.5, 0.6) is 0 Å². The van der Waals surface area contributed by atoms with Gasteiger partial charge in [-0.05, 0) is 12.8 Å². The third-order valence-electron chi connectivity index (χ3n) is 2.17. The molecule has 0 aromatic rings. The molecule has 0 saturated carbocycles. The van der Waals surface area contributed by atoms with E-state index in [1.165, 1.54) is 0 Å². The Morgan fingerprint density at radius 3 is 2.73 bits per heavy atom. The van der Waals surface area contributed by atoms with Crippen LogP contribution in [0.15, 0.2) is 0 Å². The summed E-state index contributed by atoms with van der Waals surface area (Å²) in [6, 6.07) is 0. The van der Waals surface area contributed by atoms with E-state index in [0.717, 1.165) is 6.42 Å². The Hall–Kier alpha value is -0.610. The lowest BCUT2D eigenvalue weighted by atomic mass is 9.83. The van der Waals surface area contributed by atoms with Crippen LogP contribution in [0.4, 0.5) is 0 Å². The predicted octanol–water partition coefficient (Wildman–Crippen LogP) is -0.174. The minimum Gasteiger partial charge on any atom is -0.481 e. The van der Waals surface area contributed by atoms with Crippen LogP contribution in [0, 0.1) is 5.41 Å². The highest BCUT2D eigenvalue weighted by molar-refractivity contribution is 5.75. The Morgan fingerprint density at radius 1 is 1.73 bits per heavy atom. The summed E-state index contributed by atoms with van der Waals surface area (Å²) < 4.78 is 5.08. The van der Waals surface area contributed by atoms with E-state index in [1.54, 1.807) is 0 Å². The van der Waals surface area contributed by atoms with E-state index in [9.17, 15) is 4.79 Å². The van der Waals surface area contributed by atoms with E-state index in [-0.39, 0.29) is 13.2 Å². The molecule has 1 fully saturated rings. The molecular weight excluding hydrogens is 146 g/mol. The van der Waals surface area contributed by atoms with Gasteiger partial charge in [0.2, 0.25) is 0 Å². The summed E-state index contributed by atoms with van der Waals surface area (Å²) >= 11 is 0. The molecule has 4 nitrogen and oxygen atoms in total. The van der Waals surface area contributed by atoms with Gasteiger partial charge in [-0.15, -0.1) is 0 Å². The largest absolute Gasteiger partial charge is 0.481 e. The minimum absolute atomic E-state index is 0.169. The first-order valence-electron chi connectivity index (χ1n) is 3.72. The molecule has 4 heteroatoms. The van der Waals surface area contributed by atoms with Gasteiger partial charge in [0.1, 0.15) is 5.41 Å². The average Bonchev–Trinajstić information content (AvgIpc) is 2.05. The second-order valence-corrected chi connectivity index (χ2v) is 2.95. The highest BCUT2D eigenvalue weighted by Gasteiger charge is 2.39. The first kappa shape index (κ1) is 8.49. The summed E-state index contributed by atoms with van der Waals surface area (Å²) in [6.45, 7) is 1.09. The molecule has 0 aromatic carbocycles. The van der Waals surface area contributed by atoms with Crippen LogP contribution in [0.1, 0.15) is 12.8 Å². The van der Waals surface area contributed by atoms with Gasteiger partial charge in [0.15, 0.2) is 0 Å². The van der Waals surface area contributed by atoms with Crippen molar-refractivity contribution in [1.82, 2.24) is 0 Å². The van der Waals surface area contributed by atoms with Crippen molar-refractivity contribution in [1.29, 1.82) is 0 Å². The molecule has 0 unspecified atom stereocenters. The second-order valence-electron chi connectivity index (χ2n) is 2.95. The van der Waals surface area contributed by atoms with Gasteiger partial charge in [-0.1, -0.05) is 0 Å². The van der Waals surface area contributed by atoms with Crippen LogP contribution in [0.2, 0.25) is 0 Å². The minimum atomic E-state index is -0.834. The standard InChI is InChI=1S/C7H13NO3/c8-4-7(6(9)10)2-1-3-11-5-7/h1-5,8H2,(H,9,10)/t7-/m1/s1. The fraction of sp³-hybridized carbons (Fsp3) is 0.857. The number of rotatable bonds is 2. The van der Waals surface area contributed by atoms with Crippen LogP contribution in [0.3, 0.4) is 0 Å². The Kier molecular flexibility index (Phi) is 2.46. The zero-order valence-electron chi connectivity index (χ0n) is 6.38. The number of hydrogen-bond acceptors (Lipinski definition) is 3. The molecule has 1 atom stereocenters. The number of carbonyl (C=O) groups is 1. The van der Waals surface area contributed by atoms with E-state index < -0.39 is 11.4 Å². The molecule has 0 radical (unpaired) electrons. The van der Waals surface area contributed by atoms with Crippen LogP contribution in [0.25, 0.3) is 0 Å². The SMILES string of the molecule is NC[C@]1(C(=O)O)CCCOC1. The van der Waals surface area contributed by atoms with Crippen LogP contribution in [-0.4, -0.2) is 30.8 Å². The van der Waals surface area contributed by atoms with Gasteiger partial charge in [0, 0.05) is 13.2 Å². The lowest BCUT2D eigenvalue weighted by Crippen LogP contribution is -2.45. The summed E-state index contributed by atoms with van der Waals surface area (Å²) in [5, 5.41) is 8.83. The summed E-state index contributed by atoms with van der Waals surface area (Å²) in [6.07, 6.45) is 1.43. The highest BCUT2D eigenvalue weighted by Crippen LogP contribution is 2.27. The van der Waals surface area contributed by atoms with Gasteiger partial charge in [0.25, 0.3) is 0 Å². The lowest BCUT2D eigenvalue weighted by molar-refractivity contribution is -0.156. The fourth-order valence-electron chi connectivity index (χ4n) is 1.27. The highest BCUT2D eigenvalue weighted by atomic mass is 16.5. The van der Waals surface area contributed by atoms with Gasteiger partial charge < -0.3 is 15.6 Å². The van der Waals surface area contributed by atoms with E-state index in [2.05, 4.69) is 0 Å². The zero-order chi connectivity index (χ0) is 8.32. The van der Waals surface area contributed by atoms with Crippen molar-refractivity contribution in [2.24, 2.45) is 11.1 Å². The molecular formula is C7H13NO3. The van der Waals surface area contributed by atoms with Crippen molar-refractivity contribution in [3.8, 4) is 0 Å². The quantitative estimate of drug-likeness (QED) is 0.586. The molecule has 1 aliphatic rings. The smallest absolute Gasteiger partial charge is 0.313 e. The van der Waals surface area contributed by atoms with Gasteiger partial charge in [-0.3, -0.25) is 4.79 Å².